The number of nitrogens with zero attached hydrogens (tertiary/aromatic N) is 2. The Hall–Kier alpha value is -3.01. The first-order chi connectivity index (χ1) is 11.3. The number of ether oxygens (including phenoxy) is 1. The van der Waals surface area contributed by atoms with Crippen LogP contribution in [-0.4, -0.2) is 41.1 Å². The zero-order valence-electron chi connectivity index (χ0n) is 13.6. The standard InChI is InChI=1S/C17H17N3O4/c1-5-6-24-15(22)12-7-11(9-21)8-18-13(12)14-19-16(23)17(4,20-14)10(2)3/h1,7-10H,6H2,2-4H3,(H,19,20,23). The van der Waals surface area contributed by atoms with Gasteiger partial charge in [-0.05, 0) is 18.9 Å². The number of carbonyl (C=O) groups is 3. The Bertz CT molecular complexity index is 777. The smallest absolute Gasteiger partial charge is 0.341 e. The summed E-state index contributed by atoms with van der Waals surface area (Å²) in [7, 11) is 0. The minimum absolute atomic E-state index is 0.0157. The number of pyridine rings is 1. The molecule has 24 heavy (non-hydrogen) atoms. The van der Waals surface area contributed by atoms with Crippen molar-refractivity contribution >= 4 is 24.0 Å². The van der Waals surface area contributed by atoms with Crippen molar-refractivity contribution in [1.29, 1.82) is 0 Å². The van der Waals surface area contributed by atoms with E-state index in [4.69, 9.17) is 11.2 Å². The maximum Gasteiger partial charge on any atom is 0.341 e. The Morgan fingerprint density at radius 1 is 1.54 bits per heavy atom. The van der Waals surface area contributed by atoms with Gasteiger partial charge in [0.05, 0.1) is 5.56 Å². The molecule has 1 aliphatic rings. The van der Waals surface area contributed by atoms with E-state index in [1.807, 2.05) is 13.8 Å². The van der Waals surface area contributed by atoms with Crippen LogP contribution in [0.2, 0.25) is 0 Å². The summed E-state index contributed by atoms with van der Waals surface area (Å²) in [5.41, 5.74) is -0.606. The Kier molecular flexibility index (Phi) is 4.79. The molecule has 0 aromatic carbocycles. The van der Waals surface area contributed by atoms with Crippen molar-refractivity contribution in [2.75, 3.05) is 6.61 Å². The molecule has 0 aliphatic carbocycles. The topological polar surface area (TPSA) is 97.7 Å². The third-order valence-corrected chi connectivity index (χ3v) is 3.94. The normalized spacial score (nSPS) is 19.5. The lowest BCUT2D eigenvalue weighted by Crippen LogP contribution is -2.41. The lowest BCUT2D eigenvalue weighted by Gasteiger charge is -2.21. The molecule has 0 saturated heterocycles. The molecule has 7 nitrogen and oxygen atoms in total. The molecule has 7 heteroatoms. The van der Waals surface area contributed by atoms with Crippen LogP contribution >= 0.6 is 0 Å². The third-order valence-electron chi connectivity index (χ3n) is 3.94. The van der Waals surface area contributed by atoms with Gasteiger partial charge >= 0.3 is 5.97 Å². The Morgan fingerprint density at radius 2 is 2.25 bits per heavy atom. The number of esters is 1. The molecule has 2 rings (SSSR count). The Morgan fingerprint density at radius 3 is 2.79 bits per heavy atom. The first-order valence-corrected chi connectivity index (χ1v) is 7.31. The fraction of sp³-hybridized carbons (Fsp3) is 0.353. The lowest BCUT2D eigenvalue weighted by molar-refractivity contribution is -0.124. The van der Waals surface area contributed by atoms with Crippen LogP contribution in [0, 0.1) is 18.3 Å². The van der Waals surface area contributed by atoms with Gasteiger partial charge in [-0.3, -0.25) is 14.6 Å². The van der Waals surface area contributed by atoms with Crippen LogP contribution in [0.25, 0.3) is 0 Å². The van der Waals surface area contributed by atoms with Crippen molar-refractivity contribution in [3.63, 3.8) is 0 Å². The van der Waals surface area contributed by atoms with E-state index in [0.29, 0.717) is 6.29 Å². The number of rotatable bonds is 5. The van der Waals surface area contributed by atoms with Gasteiger partial charge in [-0.15, -0.1) is 6.42 Å². The second-order valence-corrected chi connectivity index (χ2v) is 5.78. The average molecular weight is 327 g/mol. The van der Waals surface area contributed by atoms with Crippen LogP contribution in [0.4, 0.5) is 0 Å². The quantitative estimate of drug-likeness (QED) is 0.494. The van der Waals surface area contributed by atoms with E-state index in [9.17, 15) is 14.4 Å². The molecule has 1 atom stereocenters. The molecule has 1 aromatic rings. The summed E-state index contributed by atoms with van der Waals surface area (Å²) in [5.74, 6) is 1.28. The van der Waals surface area contributed by atoms with Gasteiger partial charge in [0.1, 0.15) is 11.2 Å². The Balaban J connectivity index is 2.51. The van der Waals surface area contributed by atoms with Gasteiger partial charge in [0.2, 0.25) is 0 Å². The molecule has 0 saturated carbocycles. The SMILES string of the molecule is C#CCOC(=O)c1cc(C=O)cnc1C1=NC(C)(C(C)C)C(=O)N1. The molecule has 124 valence electrons. The van der Waals surface area contributed by atoms with Gasteiger partial charge in [-0.25, -0.2) is 9.79 Å². The summed E-state index contributed by atoms with van der Waals surface area (Å²) < 4.78 is 4.90. The van der Waals surface area contributed by atoms with Crippen molar-refractivity contribution < 1.29 is 19.1 Å². The zero-order valence-corrected chi connectivity index (χ0v) is 13.6. The maximum atomic E-state index is 12.2. The molecule has 1 N–H and O–H groups in total. The summed E-state index contributed by atoms with van der Waals surface area (Å²) in [5, 5.41) is 2.64. The molecule has 2 heterocycles. The van der Waals surface area contributed by atoms with Crippen LogP contribution < -0.4 is 5.32 Å². The molecule has 0 spiro atoms. The molecule has 0 bridgehead atoms. The highest BCUT2D eigenvalue weighted by molar-refractivity contribution is 6.17. The van der Waals surface area contributed by atoms with Crippen molar-refractivity contribution in [3.05, 3.63) is 29.1 Å². The van der Waals surface area contributed by atoms with E-state index in [1.165, 1.54) is 12.3 Å². The zero-order chi connectivity index (χ0) is 17.9. The lowest BCUT2D eigenvalue weighted by atomic mass is 9.89. The van der Waals surface area contributed by atoms with Gasteiger partial charge in [-0.1, -0.05) is 19.8 Å². The summed E-state index contributed by atoms with van der Waals surface area (Å²) in [6, 6.07) is 1.33. The average Bonchev–Trinajstić information content (AvgIpc) is 2.88. The molecular formula is C17H17N3O4. The summed E-state index contributed by atoms with van der Waals surface area (Å²) >= 11 is 0. The fourth-order valence-corrected chi connectivity index (χ4v) is 2.12. The molecule has 1 unspecified atom stereocenters. The molecule has 1 aromatic heterocycles. The Labute approximate surface area is 139 Å². The highest BCUT2D eigenvalue weighted by atomic mass is 16.5. The first-order valence-electron chi connectivity index (χ1n) is 7.31. The molecular weight excluding hydrogens is 310 g/mol. The number of terminal acetylenes is 1. The first kappa shape index (κ1) is 17.3. The van der Waals surface area contributed by atoms with Gasteiger partial charge in [-0.2, -0.15) is 0 Å². The molecule has 0 fully saturated rings. The van der Waals surface area contributed by atoms with E-state index < -0.39 is 11.5 Å². The maximum absolute atomic E-state index is 12.2. The van der Waals surface area contributed by atoms with E-state index in [0.717, 1.165) is 0 Å². The van der Waals surface area contributed by atoms with Crippen LogP contribution in [0.15, 0.2) is 17.3 Å². The highest BCUT2D eigenvalue weighted by Gasteiger charge is 2.43. The van der Waals surface area contributed by atoms with Crippen molar-refractivity contribution in [3.8, 4) is 12.3 Å². The number of amides is 1. The van der Waals surface area contributed by atoms with Crippen molar-refractivity contribution in [2.24, 2.45) is 10.9 Å². The number of aliphatic imine (C=N–C) groups is 1. The van der Waals surface area contributed by atoms with Gasteiger partial charge < -0.3 is 10.1 Å². The van der Waals surface area contributed by atoms with Crippen LogP contribution in [0.3, 0.4) is 0 Å². The molecule has 1 amide bonds. The van der Waals surface area contributed by atoms with Crippen LogP contribution in [0.1, 0.15) is 47.2 Å². The van der Waals surface area contributed by atoms with Crippen molar-refractivity contribution in [1.82, 2.24) is 10.3 Å². The molecule has 1 aliphatic heterocycles. The summed E-state index contributed by atoms with van der Waals surface area (Å²) in [4.78, 5) is 43.9. The highest BCUT2D eigenvalue weighted by Crippen LogP contribution is 2.27. The number of nitrogens with one attached hydrogen (secondary N) is 1. The number of aldehydes is 1. The minimum atomic E-state index is -0.958. The van der Waals surface area contributed by atoms with Crippen LogP contribution in [-0.2, 0) is 9.53 Å². The summed E-state index contributed by atoms with van der Waals surface area (Å²) in [6.07, 6.45) is 6.93. The predicted molar refractivity (Wildman–Crippen MR) is 86.7 cm³/mol. The van der Waals surface area contributed by atoms with E-state index in [2.05, 4.69) is 21.2 Å². The third kappa shape index (κ3) is 3.04. The second-order valence-electron chi connectivity index (χ2n) is 5.78. The summed E-state index contributed by atoms with van der Waals surface area (Å²) in [6.45, 7) is 5.23. The largest absolute Gasteiger partial charge is 0.449 e. The minimum Gasteiger partial charge on any atom is -0.449 e. The predicted octanol–water partition coefficient (Wildman–Crippen LogP) is 0.975. The number of aromatic nitrogens is 1. The number of hydrogen-bond donors (Lipinski definition) is 1. The second kappa shape index (κ2) is 6.62. The molecule has 0 radical (unpaired) electrons. The number of carbonyl (C=O) groups excluding carboxylic acids is 3. The van der Waals surface area contributed by atoms with Crippen LogP contribution in [0.5, 0.6) is 0 Å². The van der Waals surface area contributed by atoms with Gasteiger partial charge in [0.25, 0.3) is 5.91 Å². The van der Waals surface area contributed by atoms with Gasteiger partial charge in [0, 0.05) is 11.8 Å². The van der Waals surface area contributed by atoms with Crippen molar-refractivity contribution in [2.45, 2.75) is 26.3 Å². The van der Waals surface area contributed by atoms with E-state index in [-0.39, 0.29) is 41.1 Å². The fourth-order valence-electron chi connectivity index (χ4n) is 2.12. The number of hydrogen-bond acceptors (Lipinski definition) is 6. The van der Waals surface area contributed by atoms with E-state index in [1.54, 1.807) is 6.92 Å². The monoisotopic (exact) mass is 327 g/mol. The number of amidine groups is 1. The van der Waals surface area contributed by atoms with Gasteiger partial charge in [0.15, 0.2) is 18.7 Å². The van der Waals surface area contributed by atoms with E-state index >= 15 is 0 Å².